The molecule has 2 rings (SSSR count). The van der Waals surface area contributed by atoms with Gasteiger partial charge in [0, 0.05) is 20.6 Å². The minimum atomic E-state index is -0.341. The van der Waals surface area contributed by atoms with Gasteiger partial charge in [-0.3, -0.25) is 9.79 Å². The molecule has 6 nitrogen and oxygen atoms in total. The highest BCUT2D eigenvalue weighted by atomic mass is 127. The molecule has 1 amide bonds. The zero-order valence-electron chi connectivity index (χ0n) is 16.7. The lowest BCUT2D eigenvalue weighted by Gasteiger charge is -2.29. The third-order valence-corrected chi connectivity index (χ3v) is 4.71. The highest BCUT2D eigenvalue weighted by Gasteiger charge is 2.41. The van der Waals surface area contributed by atoms with Gasteiger partial charge in [-0.25, -0.2) is 0 Å². The molecule has 1 aliphatic rings. The Hall–Kier alpha value is -1.51. The number of nitrogens with zero attached hydrogens (tertiary/aromatic N) is 2. The monoisotopic (exact) mass is 488 g/mol. The quantitative estimate of drug-likeness (QED) is 0.256. The minimum absolute atomic E-state index is 0. The number of amides is 1. The Morgan fingerprint density at radius 1 is 1.19 bits per heavy atom. The second-order valence-electron chi connectivity index (χ2n) is 6.97. The Morgan fingerprint density at radius 3 is 2.44 bits per heavy atom. The van der Waals surface area contributed by atoms with Crippen LogP contribution in [0.4, 0.5) is 0 Å². The first-order valence-corrected chi connectivity index (χ1v) is 9.49. The van der Waals surface area contributed by atoms with Crippen molar-refractivity contribution in [3.63, 3.8) is 0 Å². The fourth-order valence-electron chi connectivity index (χ4n) is 3.39. The van der Waals surface area contributed by atoms with Crippen molar-refractivity contribution in [1.29, 1.82) is 0 Å². The smallest absolute Gasteiger partial charge is 0.230 e. The first-order chi connectivity index (χ1) is 12.6. The second-order valence-corrected chi connectivity index (χ2v) is 6.97. The van der Waals surface area contributed by atoms with Crippen molar-refractivity contribution < 1.29 is 9.53 Å². The molecule has 1 aliphatic carbocycles. The van der Waals surface area contributed by atoms with Gasteiger partial charge in [0.15, 0.2) is 5.96 Å². The van der Waals surface area contributed by atoms with Crippen LogP contribution in [0.5, 0.6) is 5.75 Å². The average molecular weight is 488 g/mol. The fraction of sp³-hybridized carbons (Fsp3) is 0.600. The van der Waals surface area contributed by atoms with Gasteiger partial charge < -0.3 is 20.3 Å². The normalized spacial score (nSPS) is 15.6. The zero-order chi connectivity index (χ0) is 18.8. The molecule has 0 radical (unpaired) electrons. The summed E-state index contributed by atoms with van der Waals surface area (Å²) in [6.45, 7) is 4.54. The lowest BCUT2D eigenvalue weighted by molar-refractivity contribution is -0.138. The Morgan fingerprint density at radius 2 is 1.85 bits per heavy atom. The van der Waals surface area contributed by atoms with Crippen LogP contribution in [-0.4, -0.2) is 57.1 Å². The van der Waals surface area contributed by atoms with E-state index in [4.69, 9.17) is 9.73 Å². The summed E-state index contributed by atoms with van der Waals surface area (Å²) in [5.41, 5.74) is -0.341. The fourth-order valence-corrected chi connectivity index (χ4v) is 3.39. The lowest BCUT2D eigenvalue weighted by Crippen LogP contribution is -2.43. The molecule has 0 unspecified atom stereocenters. The van der Waals surface area contributed by atoms with Crippen LogP contribution < -0.4 is 15.4 Å². The number of ether oxygens (including phenoxy) is 1. The molecule has 0 aliphatic heterocycles. The molecule has 152 valence electrons. The van der Waals surface area contributed by atoms with Crippen LogP contribution in [-0.2, 0) is 4.79 Å². The molecular formula is C20H33IN4O2. The predicted octanol–water partition coefficient (Wildman–Crippen LogP) is 2.89. The van der Waals surface area contributed by atoms with E-state index < -0.39 is 0 Å². The number of hydrogen-bond donors (Lipinski definition) is 2. The van der Waals surface area contributed by atoms with Gasteiger partial charge in [-0.05, 0) is 31.9 Å². The van der Waals surface area contributed by atoms with Crippen molar-refractivity contribution in [3.05, 3.63) is 30.3 Å². The number of hydrogen-bond acceptors (Lipinski definition) is 3. The number of benzene rings is 1. The number of aliphatic imine (C=N–C) groups is 1. The molecule has 0 heterocycles. The highest BCUT2D eigenvalue weighted by molar-refractivity contribution is 14.0. The number of rotatable bonds is 8. The third-order valence-electron chi connectivity index (χ3n) is 4.71. The number of para-hydroxylation sites is 1. The topological polar surface area (TPSA) is 66.0 Å². The van der Waals surface area contributed by atoms with E-state index in [0.717, 1.165) is 43.9 Å². The maximum absolute atomic E-state index is 12.7. The third kappa shape index (κ3) is 7.20. The molecule has 1 saturated carbocycles. The van der Waals surface area contributed by atoms with Gasteiger partial charge in [0.25, 0.3) is 0 Å². The van der Waals surface area contributed by atoms with Gasteiger partial charge >= 0.3 is 0 Å². The summed E-state index contributed by atoms with van der Waals surface area (Å²) in [4.78, 5) is 19.1. The van der Waals surface area contributed by atoms with Crippen molar-refractivity contribution in [2.24, 2.45) is 10.4 Å². The largest absolute Gasteiger partial charge is 0.492 e. The lowest BCUT2D eigenvalue weighted by atomic mass is 9.85. The van der Waals surface area contributed by atoms with Gasteiger partial charge in [-0.1, -0.05) is 31.0 Å². The summed E-state index contributed by atoms with van der Waals surface area (Å²) in [7, 11) is 3.66. The average Bonchev–Trinajstić information content (AvgIpc) is 3.13. The molecule has 2 N–H and O–H groups in total. The first kappa shape index (κ1) is 23.5. The van der Waals surface area contributed by atoms with Crippen LogP contribution >= 0.6 is 24.0 Å². The van der Waals surface area contributed by atoms with Gasteiger partial charge in [-0.2, -0.15) is 0 Å². The van der Waals surface area contributed by atoms with E-state index >= 15 is 0 Å². The molecule has 0 aromatic heterocycles. The summed E-state index contributed by atoms with van der Waals surface area (Å²) >= 11 is 0. The van der Waals surface area contributed by atoms with Crippen LogP contribution in [0.1, 0.15) is 32.6 Å². The number of carbonyl (C=O) groups excluding carboxylic acids is 1. The standard InChI is InChI=1S/C20H32N4O2.HI/c1-4-21-19(22-14-15-26-17-10-6-5-7-11-17)23-16-20(12-8-9-13-20)18(25)24(2)3;/h5-7,10-11H,4,8-9,12-16H2,1-3H3,(H2,21,22,23);1H. The van der Waals surface area contributed by atoms with Crippen molar-refractivity contribution in [3.8, 4) is 5.75 Å². The molecule has 1 aromatic carbocycles. The van der Waals surface area contributed by atoms with Crippen molar-refractivity contribution in [2.75, 3.05) is 40.3 Å². The van der Waals surface area contributed by atoms with Crippen LogP contribution in [0.25, 0.3) is 0 Å². The molecule has 1 aromatic rings. The first-order valence-electron chi connectivity index (χ1n) is 9.49. The summed E-state index contributed by atoms with van der Waals surface area (Å²) < 4.78 is 5.70. The van der Waals surface area contributed by atoms with E-state index in [9.17, 15) is 4.79 Å². The Bertz CT molecular complexity index is 587. The van der Waals surface area contributed by atoms with Gasteiger partial charge in [0.1, 0.15) is 12.4 Å². The van der Waals surface area contributed by atoms with Crippen molar-refractivity contribution >= 4 is 35.8 Å². The number of carbonyl (C=O) groups is 1. The second kappa shape index (κ2) is 12.0. The van der Waals surface area contributed by atoms with Gasteiger partial charge in [0.2, 0.25) is 5.91 Å². The molecule has 0 spiro atoms. The summed E-state index contributed by atoms with van der Waals surface area (Å²) in [6, 6.07) is 9.76. The van der Waals surface area contributed by atoms with Crippen LogP contribution in [0.15, 0.2) is 35.3 Å². The van der Waals surface area contributed by atoms with E-state index in [-0.39, 0.29) is 35.3 Å². The van der Waals surface area contributed by atoms with Crippen molar-refractivity contribution in [2.45, 2.75) is 32.6 Å². The maximum Gasteiger partial charge on any atom is 0.230 e. The van der Waals surface area contributed by atoms with Gasteiger partial charge in [0.05, 0.1) is 18.5 Å². The minimum Gasteiger partial charge on any atom is -0.492 e. The summed E-state index contributed by atoms with van der Waals surface area (Å²) in [6.07, 6.45) is 4.04. The Kier molecular flexibility index (Phi) is 10.5. The molecule has 0 bridgehead atoms. The SMILES string of the molecule is CCNC(=NCC1(C(=O)N(C)C)CCCC1)NCCOc1ccccc1.I. The van der Waals surface area contributed by atoms with Gasteiger partial charge in [-0.15, -0.1) is 24.0 Å². The van der Waals surface area contributed by atoms with E-state index in [1.807, 2.05) is 51.4 Å². The summed E-state index contributed by atoms with van der Waals surface area (Å²) in [5, 5.41) is 6.54. The predicted molar refractivity (Wildman–Crippen MR) is 121 cm³/mol. The molecule has 27 heavy (non-hydrogen) atoms. The number of nitrogens with one attached hydrogen (secondary N) is 2. The number of guanidine groups is 1. The van der Waals surface area contributed by atoms with E-state index in [1.165, 1.54) is 0 Å². The van der Waals surface area contributed by atoms with E-state index in [2.05, 4.69) is 10.6 Å². The number of halogens is 1. The Labute approximate surface area is 180 Å². The van der Waals surface area contributed by atoms with Crippen LogP contribution in [0.3, 0.4) is 0 Å². The van der Waals surface area contributed by atoms with E-state index in [1.54, 1.807) is 4.90 Å². The van der Waals surface area contributed by atoms with Crippen molar-refractivity contribution in [1.82, 2.24) is 15.5 Å². The molecule has 0 saturated heterocycles. The maximum atomic E-state index is 12.7. The highest BCUT2D eigenvalue weighted by Crippen LogP contribution is 2.39. The Balaban J connectivity index is 0.00000364. The molecule has 7 heteroatoms. The van der Waals surface area contributed by atoms with Crippen LogP contribution in [0, 0.1) is 5.41 Å². The molecule has 1 fully saturated rings. The zero-order valence-corrected chi connectivity index (χ0v) is 19.0. The summed E-state index contributed by atoms with van der Waals surface area (Å²) in [5.74, 6) is 1.79. The molecular weight excluding hydrogens is 455 g/mol. The van der Waals surface area contributed by atoms with E-state index in [0.29, 0.717) is 19.7 Å². The molecule has 0 atom stereocenters. The van der Waals surface area contributed by atoms with Crippen LogP contribution in [0.2, 0.25) is 0 Å².